The number of para-hydroxylation sites is 2. The summed E-state index contributed by atoms with van der Waals surface area (Å²) in [5.74, 6) is 1.92. The molecule has 0 amide bonds. The summed E-state index contributed by atoms with van der Waals surface area (Å²) in [5, 5.41) is 7.54. The van der Waals surface area contributed by atoms with Gasteiger partial charge in [0.25, 0.3) is 0 Å². The molecule has 0 aliphatic heterocycles. The molecule has 13 aromatic rings. The van der Waals surface area contributed by atoms with Crippen LogP contribution in [0.1, 0.15) is 0 Å². The van der Waals surface area contributed by atoms with Crippen molar-refractivity contribution in [3.05, 3.63) is 212 Å². The van der Waals surface area contributed by atoms with E-state index in [2.05, 4.69) is 161 Å². The highest BCUT2D eigenvalue weighted by Crippen LogP contribution is 2.45. The Balaban J connectivity index is 0.981. The van der Waals surface area contributed by atoms with Crippen LogP contribution in [-0.2, 0) is 0 Å². The zero-order valence-corrected chi connectivity index (χ0v) is 34.7. The maximum Gasteiger partial charge on any atom is 0.164 e. The highest BCUT2D eigenvalue weighted by Gasteiger charge is 2.20. The van der Waals surface area contributed by atoms with Gasteiger partial charge in [-0.15, -0.1) is 11.3 Å². The van der Waals surface area contributed by atoms with Crippen LogP contribution in [-0.4, -0.2) is 24.1 Å². The van der Waals surface area contributed by atoms with Crippen LogP contribution in [0.4, 0.5) is 0 Å². The van der Waals surface area contributed by atoms with Crippen molar-refractivity contribution in [1.29, 1.82) is 0 Å². The topological polar surface area (TPSA) is 48.5 Å². The zero-order chi connectivity index (χ0) is 41.4. The number of aromatic nitrogens is 5. The number of benzene rings is 9. The maximum absolute atomic E-state index is 5.06. The molecule has 294 valence electrons. The van der Waals surface area contributed by atoms with Gasteiger partial charge in [-0.25, -0.2) is 15.0 Å². The van der Waals surface area contributed by atoms with Crippen LogP contribution in [0.15, 0.2) is 212 Å². The first-order valence-corrected chi connectivity index (χ1v) is 22.0. The minimum absolute atomic E-state index is 0.631. The number of thiophene rings is 1. The van der Waals surface area contributed by atoms with Crippen molar-refractivity contribution < 1.29 is 0 Å². The summed E-state index contributed by atoms with van der Waals surface area (Å²) >= 11 is 1.87. The van der Waals surface area contributed by atoms with E-state index in [1.165, 1.54) is 63.9 Å². The second-order valence-electron chi connectivity index (χ2n) is 16.0. The van der Waals surface area contributed by atoms with Gasteiger partial charge in [0, 0.05) is 69.8 Å². The van der Waals surface area contributed by atoms with Crippen molar-refractivity contribution in [3.63, 3.8) is 0 Å². The fourth-order valence-corrected chi connectivity index (χ4v) is 10.7. The third-order valence-corrected chi connectivity index (χ3v) is 13.5. The molecule has 4 aromatic heterocycles. The van der Waals surface area contributed by atoms with Crippen molar-refractivity contribution in [3.8, 4) is 56.7 Å². The molecule has 6 heteroatoms. The van der Waals surface area contributed by atoms with Crippen LogP contribution in [0.5, 0.6) is 0 Å². The first kappa shape index (κ1) is 35.6. The molecular weight excluding hydrogens is 787 g/mol. The summed E-state index contributed by atoms with van der Waals surface area (Å²) in [6.07, 6.45) is 0. The molecule has 5 nitrogen and oxygen atoms in total. The van der Waals surface area contributed by atoms with E-state index in [1.807, 2.05) is 72.0 Å². The van der Waals surface area contributed by atoms with E-state index in [-0.39, 0.29) is 0 Å². The molecule has 0 saturated carbocycles. The average molecular weight is 822 g/mol. The van der Waals surface area contributed by atoms with Gasteiger partial charge in [0.05, 0.1) is 22.1 Å². The smallest absolute Gasteiger partial charge is 0.164 e. The standard InChI is InChI=1S/C57H35N5S/c1-4-15-36(16-5-1)39-27-29-44-43-23-10-12-25-47(43)62(50(44)34-39)42-28-30-46-52(35-42)63-51-32-31-49-53(54(46)51)45-24-11-13-26-48(45)61(49)41-22-14-21-40(33-41)57-59-55(37-17-6-2-7-18-37)58-56(60-57)38-19-8-3-9-20-38/h1-35H. The predicted octanol–water partition coefficient (Wildman–Crippen LogP) is 15.1. The van der Waals surface area contributed by atoms with E-state index in [4.69, 9.17) is 15.0 Å². The lowest BCUT2D eigenvalue weighted by molar-refractivity contribution is 1.07. The Kier molecular flexibility index (Phi) is 8.01. The Hall–Kier alpha value is -8.19. The summed E-state index contributed by atoms with van der Waals surface area (Å²) in [6.45, 7) is 0. The lowest BCUT2D eigenvalue weighted by Gasteiger charge is -2.11. The number of hydrogen-bond donors (Lipinski definition) is 0. The molecule has 0 atom stereocenters. The molecule has 0 saturated heterocycles. The molecule has 0 bridgehead atoms. The van der Waals surface area contributed by atoms with Gasteiger partial charge in [0.2, 0.25) is 0 Å². The van der Waals surface area contributed by atoms with Crippen LogP contribution in [0.25, 0.3) is 120 Å². The minimum atomic E-state index is 0.631. The molecule has 0 aliphatic rings. The van der Waals surface area contributed by atoms with Gasteiger partial charge in [-0.05, 0) is 65.7 Å². The summed E-state index contributed by atoms with van der Waals surface area (Å²) < 4.78 is 7.36. The van der Waals surface area contributed by atoms with E-state index in [9.17, 15) is 0 Å². The summed E-state index contributed by atoms with van der Waals surface area (Å²) in [6, 6.07) is 75.6. The van der Waals surface area contributed by atoms with Crippen LogP contribution in [0.2, 0.25) is 0 Å². The second-order valence-corrected chi connectivity index (χ2v) is 17.1. The van der Waals surface area contributed by atoms with Gasteiger partial charge in [-0.3, -0.25) is 0 Å². The Morgan fingerprint density at radius 1 is 0.286 bits per heavy atom. The third kappa shape index (κ3) is 5.73. The first-order valence-electron chi connectivity index (χ1n) is 21.2. The van der Waals surface area contributed by atoms with Gasteiger partial charge < -0.3 is 9.13 Å². The molecule has 0 N–H and O–H groups in total. The van der Waals surface area contributed by atoms with Gasteiger partial charge >= 0.3 is 0 Å². The Morgan fingerprint density at radius 3 is 1.54 bits per heavy atom. The van der Waals surface area contributed by atoms with Crippen LogP contribution < -0.4 is 0 Å². The maximum atomic E-state index is 5.06. The van der Waals surface area contributed by atoms with E-state index in [1.54, 1.807) is 0 Å². The fourth-order valence-electron chi connectivity index (χ4n) is 9.51. The van der Waals surface area contributed by atoms with Gasteiger partial charge in [0.1, 0.15) is 0 Å². The molecule has 63 heavy (non-hydrogen) atoms. The van der Waals surface area contributed by atoms with Gasteiger partial charge in [-0.1, -0.05) is 158 Å². The summed E-state index contributed by atoms with van der Waals surface area (Å²) in [5.41, 5.74) is 12.2. The minimum Gasteiger partial charge on any atom is -0.309 e. The predicted molar refractivity (Wildman–Crippen MR) is 263 cm³/mol. The van der Waals surface area contributed by atoms with Crippen molar-refractivity contribution >= 4 is 75.1 Å². The van der Waals surface area contributed by atoms with Crippen LogP contribution in [0, 0.1) is 0 Å². The van der Waals surface area contributed by atoms with Crippen molar-refractivity contribution in [2.24, 2.45) is 0 Å². The fraction of sp³-hybridized carbons (Fsp3) is 0. The third-order valence-electron chi connectivity index (χ3n) is 12.4. The Bertz CT molecular complexity index is 3850. The quantitative estimate of drug-likeness (QED) is 0.168. The van der Waals surface area contributed by atoms with Crippen molar-refractivity contribution in [1.82, 2.24) is 24.1 Å². The summed E-state index contributed by atoms with van der Waals surface area (Å²) in [7, 11) is 0. The van der Waals surface area contributed by atoms with Gasteiger partial charge in [0.15, 0.2) is 17.5 Å². The van der Waals surface area contributed by atoms with E-state index in [0.717, 1.165) is 39.1 Å². The lowest BCUT2D eigenvalue weighted by atomic mass is 10.0. The Morgan fingerprint density at radius 2 is 0.825 bits per heavy atom. The molecule has 0 aliphatic carbocycles. The first-order chi connectivity index (χ1) is 31.2. The largest absolute Gasteiger partial charge is 0.309 e. The second kappa shape index (κ2) is 14.2. The molecule has 9 aromatic carbocycles. The lowest BCUT2D eigenvalue weighted by Crippen LogP contribution is -2.01. The van der Waals surface area contributed by atoms with Crippen LogP contribution >= 0.6 is 11.3 Å². The molecule has 0 fully saturated rings. The van der Waals surface area contributed by atoms with E-state index >= 15 is 0 Å². The molecule has 4 heterocycles. The highest BCUT2D eigenvalue weighted by atomic mass is 32.1. The normalized spacial score (nSPS) is 11.8. The van der Waals surface area contributed by atoms with E-state index < -0.39 is 0 Å². The number of rotatable bonds is 6. The zero-order valence-electron chi connectivity index (χ0n) is 33.9. The monoisotopic (exact) mass is 821 g/mol. The molecule has 0 spiro atoms. The number of nitrogens with zero attached hydrogens (tertiary/aromatic N) is 5. The van der Waals surface area contributed by atoms with Crippen molar-refractivity contribution in [2.45, 2.75) is 0 Å². The highest BCUT2D eigenvalue weighted by molar-refractivity contribution is 7.26. The summed E-state index contributed by atoms with van der Waals surface area (Å²) in [4.78, 5) is 15.1. The van der Waals surface area contributed by atoms with Crippen LogP contribution in [0.3, 0.4) is 0 Å². The van der Waals surface area contributed by atoms with Crippen molar-refractivity contribution in [2.75, 3.05) is 0 Å². The SMILES string of the molecule is c1ccc(-c2ccc3c4ccccc4n(-c4ccc5c(c4)sc4ccc6c(c7ccccc7n6-c6cccc(-c7nc(-c8ccccc8)nc(-c8ccccc8)n7)c6)c45)c3c2)cc1. The molecule has 0 radical (unpaired) electrons. The molecular formula is C57H35N5S. The molecule has 13 rings (SSSR count). The number of fused-ring (bicyclic) bond motifs is 10. The molecule has 0 unspecified atom stereocenters. The average Bonchev–Trinajstić information content (AvgIpc) is 4.01. The Labute approximate surface area is 366 Å². The number of hydrogen-bond acceptors (Lipinski definition) is 4. The van der Waals surface area contributed by atoms with E-state index in [0.29, 0.717) is 17.5 Å². The van der Waals surface area contributed by atoms with Gasteiger partial charge in [-0.2, -0.15) is 0 Å².